The second kappa shape index (κ2) is 5.52. The fourth-order valence-corrected chi connectivity index (χ4v) is 2.77. The predicted octanol–water partition coefficient (Wildman–Crippen LogP) is 5.22. The molecule has 0 heterocycles. The van der Waals surface area contributed by atoms with Crippen LogP contribution < -0.4 is 5.32 Å². The minimum atomic E-state index is -0.591. The molecule has 1 fully saturated rings. The molecule has 2 aromatic carbocycles. The van der Waals surface area contributed by atoms with Crippen LogP contribution in [0, 0.1) is 11.6 Å². The van der Waals surface area contributed by atoms with Crippen LogP contribution in [0.25, 0.3) is 0 Å². The number of hydrogen-bond donors (Lipinski definition) is 1. The molecule has 0 unspecified atom stereocenters. The van der Waals surface area contributed by atoms with Gasteiger partial charge < -0.3 is 5.32 Å². The number of hydrogen-bond acceptors (Lipinski definition) is 1. The number of benzene rings is 2. The van der Waals surface area contributed by atoms with Crippen molar-refractivity contribution in [2.75, 3.05) is 5.32 Å². The Balaban J connectivity index is 1.69. The van der Waals surface area contributed by atoms with Gasteiger partial charge in [0.25, 0.3) is 0 Å². The van der Waals surface area contributed by atoms with Crippen LogP contribution in [0.5, 0.6) is 0 Å². The second-order valence-electron chi connectivity index (χ2n) is 5.11. The van der Waals surface area contributed by atoms with Gasteiger partial charge in [0.05, 0.1) is 5.69 Å². The number of anilines is 1. The van der Waals surface area contributed by atoms with Gasteiger partial charge >= 0.3 is 0 Å². The standard InChI is InChI=1S/C16H14BrF2N/c17-14-7-13(18)8-15(19)16(14)20-9-10-1-3-11(4-2-10)12-5-6-12/h1-4,7-8,12,20H,5-6,9H2. The maximum atomic E-state index is 13.7. The van der Waals surface area contributed by atoms with Crippen molar-refractivity contribution in [3.63, 3.8) is 0 Å². The zero-order chi connectivity index (χ0) is 14.1. The Hall–Kier alpha value is -1.42. The molecule has 0 radical (unpaired) electrons. The van der Waals surface area contributed by atoms with Crippen molar-refractivity contribution in [3.8, 4) is 0 Å². The quantitative estimate of drug-likeness (QED) is 0.806. The van der Waals surface area contributed by atoms with E-state index < -0.39 is 11.6 Å². The monoisotopic (exact) mass is 337 g/mol. The average Bonchev–Trinajstić information content (AvgIpc) is 3.22. The third kappa shape index (κ3) is 3.01. The van der Waals surface area contributed by atoms with Gasteiger partial charge in [0, 0.05) is 17.1 Å². The summed E-state index contributed by atoms with van der Waals surface area (Å²) < 4.78 is 27.1. The van der Waals surface area contributed by atoms with E-state index in [1.165, 1.54) is 24.5 Å². The van der Waals surface area contributed by atoms with Crippen molar-refractivity contribution in [3.05, 3.63) is 63.6 Å². The maximum Gasteiger partial charge on any atom is 0.150 e. The molecular weight excluding hydrogens is 324 g/mol. The van der Waals surface area contributed by atoms with E-state index in [4.69, 9.17) is 0 Å². The van der Waals surface area contributed by atoms with Gasteiger partial charge in [0.2, 0.25) is 0 Å². The first-order valence-corrected chi connectivity index (χ1v) is 7.40. The molecule has 1 saturated carbocycles. The van der Waals surface area contributed by atoms with Gasteiger partial charge in [-0.15, -0.1) is 0 Å². The van der Waals surface area contributed by atoms with Gasteiger partial charge in [-0.2, -0.15) is 0 Å². The Morgan fingerprint density at radius 3 is 2.40 bits per heavy atom. The Labute approximate surface area is 125 Å². The van der Waals surface area contributed by atoms with Gasteiger partial charge in [-0.25, -0.2) is 8.78 Å². The highest BCUT2D eigenvalue weighted by atomic mass is 79.9. The molecule has 1 aliphatic carbocycles. The maximum absolute atomic E-state index is 13.7. The third-order valence-corrected chi connectivity index (χ3v) is 4.13. The highest BCUT2D eigenvalue weighted by Crippen LogP contribution is 2.39. The summed E-state index contributed by atoms with van der Waals surface area (Å²) in [5, 5.41) is 3.00. The molecular formula is C16H14BrF2N. The first-order valence-electron chi connectivity index (χ1n) is 6.61. The average molecular weight is 338 g/mol. The summed E-state index contributed by atoms with van der Waals surface area (Å²) in [6.45, 7) is 0.506. The molecule has 0 spiro atoms. The number of nitrogens with one attached hydrogen (secondary N) is 1. The molecule has 1 nitrogen and oxygen atoms in total. The highest BCUT2D eigenvalue weighted by Gasteiger charge is 2.22. The zero-order valence-electron chi connectivity index (χ0n) is 10.8. The van der Waals surface area contributed by atoms with Crippen LogP contribution in [-0.4, -0.2) is 0 Å². The van der Waals surface area contributed by atoms with Gasteiger partial charge in [-0.05, 0) is 51.9 Å². The van der Waals surface area contributed by atoms with Crippen molar-refractivity contribution in [1.82, 2.24) is 0 Å². The molecule has 0 saturated heterocycles. The SMILES string of the molecule is Fc1cc(F)c(NCc2ccc(C3CC3)cc2)c(Br)c1. The van der Waals surface area contributed by atoms with E-state index in [-0.39, 0.29) is 5.69 Å². The first-order chi connectivity index (χ1) is 9.63. The van der Waals surface area contributed by atoms with Crippen molar-refractivity contribution in [2.45, 2.75) is 25.3 Å². The van der Waals surface area contributed by atoms with E-state index in [1.54, 1.807) is 0 Å². The molecule has 0 atom stereocenters. The molecule has 3 rings (SSSR count). The molecule has 1 N–H and O–H groups in total. The van der Waals surface area contributed by atoms with Crippen LogP contribution in [0.1, 0.15) is 29.9 Å². The van der Waals surface area contributed by atoms with E-state index in [9.17, 15) is 8.78 Å². The Morgan fingerprint density at radius 2 is 1.80 bits per heavy atom. The molecule has 2 aromatic rings. The zero-order valence-corrected chi connectivity index (χ0v) is 12.4. The molecule has 0 aromatic heterocycles. The number of halogens is 3. The lowest BCUT2D eigenvalue weighted by Crippen LogP contribution is -2.03. The Kier molecular flexibility index (Phi) is 3.74. The van der Waals surface area contributed by atoms with Crippen LogP contribution in [0.15, 0.2) is 40.9 Å². The highest BCUT2D eigenvalue weighted by molar-refractivity contribution is 9.10. The molecule has 0 aliphatic heterocycles. The van der Waals surface area contributed by atoms with Crippen molar-refractivity contribution < 1.29 is 8.78 Å². The summed E-state index contributed by atoms with van der Waals surface area (Å²) >= 11 is 3.17. The molecule has 0 amide bonds. The lowest BCUT2D eigenvalue weighted by Gasteiger charge is -2.10. The van der Waals surface area contributed by atoms with Crippen LogP contribution in [0.4, 0.5) is 14.5 Å². The second-order valence-corrected chi connectivity index (χ2v) is 5.97. The van der Waals surface area contributed by atoms with E-state index >= 15 is 0 Å². The van der Waals surface area contributed by atoms with Gasteiger partial charge in [0.15, 0.2) is 0 Å². The molecule has 1 aliphatic rings. The Bertz CT molecular complexity index is 598. The molecule has 0 bridgehead atoms. The van der Waals surface area contributed by atoms with Crippen LogP contribution >= 0.6 is 15.9 Å². The van der Waals surface area contributed by atoms with Crippen molar-refractivity contribution in [1.29, 1.82) is 0 Å². The van der Waals surface area contributed by atoms with Gasteiger partial charge in [0.1, 0.15) is 11.6 Å². The summed E-state index contributed by atoms with van der Waals surface area (Å²) in [6, 6.07) is 10.5. The molecule has 20 heavy (non-hydrogen) atoms. The summed E-state index contributed by atoms with van der Waals surface area (Å²) in [4.78, 5) is 0. The molecule has 4 heteroatoms. The van der Waals surface area contributed by atoms with Crippen LogP contribution in [0.3, 0.4) is 0 Å². The fourth-order valence-electron chi connectivity index (χ4n) is 2.23. The van der Waals surface area contributed by atoms with E-state index in [0.717, 1.165) is 17.5 Å². The largest absolute Gasteiger partial charge is 0.378 e. The summed E-state index contributed by atoms with van der Waals surface area (Å²) in [6.07, 6.45) is 2.57. The lowest BCUT2D eigenvalue weighted by atomic mass is 10.1. The normalized spacial score (nSPS) is 14.3. The van der Waals surface area contributed by atoms with Crippen LogP contribution in [-0.2, 0) is 6.54 Å². The summed E-state index contributed by atoms with van der Waals surface area (Å²) in [7, 11) is 0. The number of rotatable bonds is 4. The van der Waals surface area contributed by atoms with Crippen molar-refractivity contribution in [2.24, 2.45) is 0 Å². The van der Waals surface area contributed by atoms with Crippen molar-refractivity contribution >= 4 is 21.6 Å². The topological polar surface area (TPSA) is 12.0 Å². The third-order valence-electron chi connectivity index (χ3n) is 3.50. The smallest absolute Gasteiger partial charge is 0.150 e. The van der Waals surface area contributed by atoms with Gasteiger partial charge in [-0.1, -0.05) is 24.3 Å². The fraction of sp³-hybridized carbons (Fsp3) is 0.250. The van der Waals surface area contributed by atoms with E-state index in [1.807, 2.05) is 0 Å². The summed E-state index contributed by atoms with van der Waals surface area (Å²) in [5.74, 6) is -0.444. The Morgan fingerprint density at radius 1 is 1.10 bits per heavy atom. The van der Waals surface area contributed by atoms with E-state index in [0.29, 0.717) is 11.0 Å². The minimum Gasteiger partial charge on any atom is -0.378 e. The summed E-state index contributed by atoms with van der Waals surface area (Å²) in [5.41, 5.74) is 2.74. The van der Waals surface area contributed by atoms with E-state index in [2.05, 4.69) is 45.5 Å². The van der Waals surface area contributed by atoms with Crippen LogP contribution in [0.2, 0.25) is 0 Å². The predicted molar refractivity (Wildman–Crippen MR) is 79.8 cm³/mol. The van der Waals surface area contributed by atoms with Gasteiger partial charge in [-0.3, -0.25) is 0 Å². The first kappa shape index (κ1) is 13.6. The lowest BCUT2D eigenvalue weighted by molar-refractivity contribution is 0.583. The molecule has 104 valence electrons. The minimum absolute atomic E-state index is 0.290.